The van der Waals surface area contributed by atoms with Crippen LogP contribution in [0.3, 0.4) is 0 Å². The molecule has 0 aliphatic heterocycles. The minimum Gasteiger partial charge on any atom is -0.378 e. The molecule has 0 bridgehead atoms. The Kier molecular flexibility index (Phi) is 2.14. The van der Waals surface area contributed by atoms with Gasteiger partial charge in [-0.05, 0) is 13.0 Å². The van der Waals surface area contributed by atoms with Gasteiger partial charge in [-0.15, -0.1) is 0 Å². The summed E-state index contributed by atoms with van der Waals surface area (Å²) in [6.07, 6.45) is 0. The van der Waals surface area contributed by atoms with Gasteiger partial charge >= 0.3 is 5.69 Å². The molecule has 1 aromatic rings. The van der Waals surface area contributed by atoms with Crippen LogP contribution >= 0.6 is 11.6 Å². The molecule has 0 aliphatic carbocycles. The Hall–Kier alpha value is -1.36. The molecule has 0 unspecified atom stereocenters. The normalized spacial score (nSPS) is 9.83. The van der Waals surface area contributed by atoms with Gasteiger partial charge in [-0.1, -0.05) is 11.6 Å². The molecule has 0 radical (unpaired) electrons. The van der Waals surface area contributed by atoms with E-state index in [4.69, 9.17) is 17.3 Å². The summed E-state index contributed by atoms with van der Waals surface area (Å²) in [7, 11) is 0. The van der Waals surface area contributed by atoms with Crippen molar-refractivity contribution in [2.24, 2.45) is 0 Å². The first-order chi connectivity index (χ1) is 5.52. The van der Waals surface area contributed by atoms with Crippen molar-refractivity contribution >= 4 is 23.1 Å². The summed E-state index contributed by atoms with van der Waals surface area (Å²) in [4.78, 5) is 13.4. The molecule has 0 saturated heterocycles. The number of hydrogen-bond donors (Lipinski definition) is 1. The number of aromatic nitrogens is 1. The van der Waals surface area contributed by atoms with Gasteiger partial charge in [-0.25, -0.2) is 4.98 Å². The van der Waals surface area contributed by atoms with E-state index in [9.17, 15) is 10.1 Å². The summed E-state index contributed by atoms with van der Waals surface area (Å²) in [6.45, 7) is 1.56. The van der Waals surface area contributed by atoms with Crippen molar-refractivity contribution in [3.05, 3.63) is 26.9 Å². The number of nitro groups is 1. The summed E-state index contributed by atoms with van der Waals surface area (Å²) in [5.41, 5.74) is 5.52. The fraction of sp³-hybridized carbons (Fsp3) is 0.167. The van der Waals surface area contributed by atoms with E-state index in [0.717, 1.165) is 0 Å². The van der Waals surface area contributed by atoms with E-state index in [1.165, 1.54) is 6.07 Å². The van der Waals surface area contributed by atoms with Crippen LogP contribution in [-0.4, -0.2) is 9.91 Å². The zero-order valence-electron chi connectivity index (χ0n) is 6.24. The Morgan fingerprint density at radius 2 is 2.33 bits per heavy atom. The van der Waals surface area contributed by atoms with Crippen molar-refractivity contribution in [2.75, 3.05) is 5.73 Å². The fourth-order valence-electron chi connectivity index (χ4n) is 0.887. The summed E-state index contributed by atoms with van der Waals surface area (Å²) in [5.74, 6) is -0.148. The lowest BCUT2D eigenvalue weighted by atomic mass is 10.2. The molecule has 0 aliphatic rings. The molecule has 0 fully saturated rings. The van der Waals surface area contributed by atoms with E-state index in [-0.39, 0.29) is 16.7 Å². The predicted octanol–water partition coefficient (Wildman–Crippen LogP) is 1.53. The average molecular weight is 188 g/mol. The number of anilines is 1. The second kappa shape index (κ2) is 2.94. The zero-order chi connectivity index (χ0) is 9.30. The van der Waals surface area contributed by atoms with Gasteiger partial charge < -0.3 is 5.73 Å². The second-order valence-corrected chi connectivity index (χ2v) is 2.64. The minimum atomic E-state index is -0.575. The average Bonchev–Trinajstić information content (AvgIpc) is 1.82. The largest absolute Gasteiger partial charge is 0.378 e. The Morgan fingerprint density at radius 3 is 2.75 bits per heavy atom. The number of nitrogen functional groups attached to an aromatic ring is 1. The minimum absolute atomic E-state index is 0.148. The van der Waals surface area contributed by atoms with Crippen LogP contribution in [0.4, 0.5) is 11.5 Å². The van der Waals surface area contributed by atoms with Crippen molar-refractivity contribution in [2.45, 2.75) is 6.92 Å². The number of hydrogen-bond acceptors (Lipinski definition) is 4. The van der Waals surface area contributed by atoms with E-state index in [1.54, 1.807) is 6.92 Å². The molecule has 0 amide bonds. The van der Waals surface area contributed by atoms with Crippen LogP contribution < -0.4 is 5.73 Å². The summed E-state index contributed by atoms with van der Waals surface area (Å²) in [5, 5.41) is 10.6. The molecule has 0 spiro atoms. The molecule has 64 valence electrons. The third-order valence-corrected chi connectivity index (χ3v) is 1.56. The maximum Gasteiger partial charge on any atom is 0.314 e. The van der Waals surface area contributed by atoms with Gasteiger partial charge in [0.1, 0.15) is 5.15 Å². The molecular weight excluding hydrogens is 182 g/mol. The highest BCUT2D eigenvalue weighted by Gasteiger charge is 2.16. The molecule has 0 atom stereocenters. The first-order valence-corrected chi connectivity index (χ1v) is 3.47. The van der Waals surface area contributed by atoms with E-state index in [1.807, 2.05) is 0 Å². The van der Waals surface area contributed by atoms with Gasteiger partial charge in [-0.3, -0.25) is 10.1 Å². The van der Waals surface area contributed by atoms with Gasteiger partial charge in [0.05, 0.1) is 4.92 Å². The number of pyridine rings is 1. The topological polar surface area (TPSA) is 82.0 Å². The standard InChI is InChI=1S/C6H6ClN3O2/c1-3-2-4(7)9-6(8)5(3)10(11)12/h2H,1H3,(H2,8,9). The molecule has 0 aromatic carbocycles. The van der Waals surface area contributed by atoms with E-state index >= 15 is 0 Å². The Balaban J connectivity index is 3.38. The van der Waals surface area contributed by atoms with Gasteiger partial charge in [-0.2, -0.15) is 0 Å². The van der Waals surface area contributed by atoms with E-state index < -0.39 is 4.92 Å². The lowest BCUT2D eigenvalue weighted by Gasteiger charge is -1.99. The quantitative estimate of drug-likeness (QED) is 0.411. The smallest absolute Gasteiger partial charge is 0.314 e. The molecule has 0 saturated carbocycles. The molecular formula is C6H6ClN3O2. The Labute approximate surface area is 73.3 Å². The molecule has 12 heavy (non-hydrogen) atoms. The molecule has 6 heteroatoms. The maximum atomic E-state index is 10.4. The molecule has 5 nitrogen and oxygen atoms in total. The first kappa shape index (κ1) is 8.73. The zero-order valence-corrected chi connectivity index (χ0v) is 7.00. The van der Waals surface area contributed by atoms with E-state index in [0.29, 0.717) is 5.56 Å². The highest BCUT2D eigenvalue weighted by atomic mass is 35.5. The second-order valence-electron chi connectivity index (χ2n) is 2.25. The van der Waals surface area contributed by atoms with Crippen LogP contribution in [0.1, 0.15) is 5.56 Å². The third-order valence-electron chi connectivity index (χ3n) is 1.36. The van der Waals surface area contributed by atoms with E-state index in [2.05, 4.69) is 4.98 Å². The summed E-state index contributed by atoms with van der Waals surface area (Å²) in [6, 6.07) is 1.40. The number of rotatable bonds is 1. The Morgan fingerprint density at radius 1 is 1.75 bits per heavy atom. The van der Waals surface area contributed by atoms with Crippen molar-refractivity contribution in [3.8, 4) is 0 Å². The number of halogens is 1. The van der Waals surface area contributed by atoms with Crippen molar-refractivity contribution in [3.63, 3.8) is 0 Å². The van der Waals surface area contributed by atoms with Gasteiger partial charge in [0.25, 0.3) is 0 Å². The van der Waals surface area contributed by atoms with Crippen LogP contribution in [0, 0.1) is 17.0 Å². The molecule has 1 rings (SSSR count). The van der Waals surface area contributed by atoms with Gasteiger partial charge in [0.2, 0.25) is 5.82 Å². The molecule has 1 heterocycles. The number of nitrogens with two attached hydrogens (primary N) is 1. The van der Waals surface area contributed by atoms with Crippen LogP contribution in [-0.2, 0) is 0 Å². The maximum absolute atomic E-state index is 10.4. The Bertz CT molecular complexity index is 317. The molecule has 1 aromatic heterocycles. The van der Waals surface area contributed by atoms with Crippen LogP contribution in [0.15, 0.2) is 6.07 Å². The number of aryl methyl sites for hydroxylation is 1. The molecule has 2 N–H and O–H groups in total. The summed E-state index contributed by atoms with van der Waals surface area (Å²) < 4.78 is 0. The van der Waals surface area contributed by atoms with Gasteiger partial charge in [0, 0.05) is 5.56 Å². The fourth-order valence-corrected chi connectivity index (χ4v) is 1.14. The lowest BCUT2D eigenvalue weighted by Crippen LogP contribution is -2.00. The highest BCUT2D eigenvalue weighted by Crippen LogP contribution is 2.25. The van der Waals surface area contributed by atoms with Crippen LogP contribution in [0.2, 0.25) is 5.15 Å². The van der Waals surface area contributed by atoms with Crippen molar-refractivity contribution in [1.82, 2.24) is 4.98 Å². The first-order valence-electron chi connectivity index (χ1n) is 3.09. The third kappa shape index (κ3) is 1.45. The predicted molar refractivity (Wildman–Crippen MR) is 45.1 cm³/mol. The monoisotopic (exact) mass is 187 g/mol. The van der Waals surface area contributed by atoms with Crippen LogP contribution in [0.25, 0.3) is 0 Å². The highest BCUT2D eigenvalue weighted by molar-refractivity contribution is 6.29. The van der Waals surface area contributed by atoms with Crippen molar-refractivity contribution < 1.29 is 4.92 Å². The summed E-state index contributed by atoms with van der Waals surface area (Å²) >= 11 is 5.51. The SMILES string of the molecule is Cc1cc(Cl)nc(N)c1[N+](=O)[O-]. The lowest BCUT2D eigenvalue weighted by molar-refractivity contribution is -0.384. The number of nitrogens with zero attached hydrogens (tertiary/aromatic N) is 2. The van der Waals surface area contributed by atoms with Gasteiger partial charge in [0.15, 0.2) is 0 Å². The van der Waals surface area contributed by atoms with Crippen molar-refractivity contribution in [1.29, 1.82) is 0 Å². The van der Waals surface area contributed by atoms with Crippen LogP contribution in [0.5, 0.6) is 0 Å².